The van der Waals surface area contributed by atoms with Crippen LogP contribution in [0.1, 0.15) is 19.4 Å². The molecule has 0 aliphatic carbocycles. The van der Waals surface area contributed by atoms with Crippen molar-refractivity contribution in [3.8, 4) is 5.75 Å². The van der Waals surface area contributed by atoms with E-state index in [4.69, 9.17) is 4.74 Å². The first-order valence-corrected chi connectivity index (χ1v) is 6.87. The molecule has 1 aromatic rings. The molecular formula is C16H16N2O5. The molecule has 1 aromatic carbocycles. The zero-order valence-corrected chi connectivity index (χ0v) is 13.0. The van der Waals surface area contributed by atoms with Gasteiger partial charge >= 0.3 is 6.03 Å². The Morgan fingerprint density at radius 3 is 2.13 bits per heavy atom. The first-order chi connectivity index (χ1) is 10.8. The van der Waals surface area contributed by atoms with E-state index in [0.717, 1.165) is 4.90 Å². The second kappa shape index (κ2) is 6.43. The summed E-state index contributed by atoms with van der Waals surface area (Å²) >= 11 is 0. The van der Waals surface area contributed by atoms with E-state index in [2.05, 4.69) is 5.32 Å². The number of amides is 3. The van der Waals surface area contributed by atoms with Gasteiger partial charge in [0.25, 0.3) is 5.91 Å². The predicted octanol–water partition coefficient (Wildman–Crippen LogP) is 1.18. The number of allylic oxidation sites excluding steroid dienone is 1. The predicted molar refractivity (Wildman–Crippen MR) is 80.5 cm³/mol. The van der Waals surface area contributed by atoms with E-state index in [0.29, 0.717) is 11.3 Å². The van der Waals surface area contributed by atoms with Gasteiger partial charge in [-0.05, 0) is 31.5 Å². The number of carbonyl (C=O) groups excluding carboxylic acids is 4. The Kier molecular flexibility index (Phi) is 4.59. The minimum atomic E-state index is -0.689. The van der Waals surface area contributed by atoms with Gasteiger partial charge in [0.05, 0.1) is 19.2 Å². The summed E-state index contributed by atoms with van der Waals surface area (Å²) in [5.74, 6) is -1.16. The van der Waals surface area contributed by atoms with E-state index in [1.165, 1.54) is 21.0 Å². The number of ketones is 2. The van der Waals surface area contributed by atoms with Crippen molar-refractivity contribution >= 4 is 23.5 Å². The number of hydrogen-bond acceptors (Lipinski definition) is 5. The lowest BCUT2D eigenvalue weighted by atomic mass is 10.1. The Labute approximate surface area is 132 Å². The smallest absolute Gasteiger partial charge is 0.329 e. The molecule has 1 N–H and O–H groups in total. The quantitative estimate of drug-likeness (QED) is 0.381. The molecule has 0 unspecified atom stereocenters. The number of nitrogens with zero attached hydrogens (tertiary/aromatic N) is 1. The Morgan fingerprint density at radius 1 is 1.09 bits per heavy atom. The molecule has 120 valence electrons. The largest absolute Gasteiger partial charge is 0.497 e. The minimum absolute atomic E-state index is 0.0290. The molecule has 1 aliphatic heterocycles. The molecule has 0 aromatic heterocycles. The molecule has 1 fully saturated rings. The number of hydrogen-bond donors (Lipinski definition) is 1. The molecule has 7 heteroatoms. The van der Waals surface area contributed by atoms with E-state index in [1.807, 2.05) is 0 Å². The zero-order chi connectivity index (χ0) is 17.1. The van der Waals surface area contributed by atoms with Gasteiger partial charge in [-0.2, -0.15) is 0 Å². The van der Waals surface area contributed by atoms with E-state index in [1.54, 1.807) is 24.3 Å². The lowest BCUT2D eigenvalue weighted by Gasteiger charge is -2.12. The van der Waals surface area contributed by atoms with Crippen molar-refractivity contribution in [2.24, 2.45) is 0 Å². The fourth-order valence-corrected chi connectivity index (χ4v) is 2.28. The zero-order valence-electron chi connectivity index (χ0n) is 13.0. The number of imide groups is 1. The summed E-state index contributed by atoms with van der Waals surface area (Å²) in [5.41, 5.74) is 0.159. The van der Waals surface area contributed by atoms with Gasteiger partial charge in [-0.3, -0.25) is 19.3 Å². The maximum absolute atomic E-state index is 12.3. The number of Topliss-reactive ketones (excluding diaryl/α,β-unsaturated/α-hetero) is 2. The molecule has 3 amide bonds. The van der Waals surface area contributed by atoms with E-state index < -0.39 is 23.5 Å². The summed E-state index contributed by atoms with van der Waals surface area (Å²) in [6.45, 7) is 2.38. The van der Waals surface area contributed by atoms with Crippen LogP contribution in [-0.4, -0.2) is 35.5 Å². The highest BCUT2D eigenvalue weighted by Gasteiger charge is 2.37. The molecule has 0 radical (unpaired) electrons. The molecule has 0 atom stereocenters. The molecule has 1 aliphatic rings. The average molecular weight is 316 g/mol. The fourth-order valence-electron chi connectivity index (χ4n) is 2.28. The SMILES string of the molecule is COc1ccc(CN2C(=O)NC(=C(C(C)=O)C(C)=O)C2=O)cc1. The molecule has 1 heterocycles. The molecule has 0 saturated carbocycles. The lowest BCUT2D eigenvalue weighted by molar-refractivity contribution is -0.125. The Balaban J connectivity index is 2.29. The van der Waals surface area contributed by atoms with Gasteiger partial charge in [0, 0.05) is 0 Å². The molecule has 0 spiro atoms. The minimum Gasteiger partial charge on any atom is -0.497 e. The number of carbonyl (C=O) groups is 4. The van der Waals surface area contributed by atoms with Gasteiger partial charge in [0.15, 0.2) is 11.6 Å². The molecule has 0 bridgehead atoms. The normalized spacial score (nSPS) is 13.9. The summed E-state index contributed by atoms with van der Waals surface area (Å²) in [7, 11) is 1.54. The molecule has 2 rings (SSSR count). The van der Waals surface area contributed by atoms with Crippen LogP contribution in [0.25, 0.3) is 0 Å². The van der Waals surface area contributed by atoms with Crippen LogP contribution in [-0.2, 0) is 20.9 Å². The number of benzene rings is 1. The highest BCUT2D eigenvalue weighted by molar-refractivity contribution is 6.26. The Morgan fingerprint density at radius 2 is 1.65 bits per heavy atom. The third-order valence-corrected chi connectivity index (χ3v) is 3.39. The van der Waals surface area contributed by atoms with Gasteiger partial charge in [-0.15, -0.1) is 0 Å². The van der Waals surface area contributed by atoms with Crippen LogP contribution in [0.2, 0.25) is 0 Å². The highest BCUT2D eigenvalue weighted by Crippen LogP contribution is 2.19. The first-order valence-electron chi connectivity index (χ1n) is 6.87. The summed E-state index contributed by atoms with van der Waals surface area (Å²) in [6, 6.07) is 6.19. The molecule has 1 saturated heterocycles. The topological polar surface area (TPSA) is 92.8 Å². The van der Waals surface area contributed by atoms with E-state index in [9.17, 15) is 19.2 Å². The van der Waals surface area contributed by atoms with Crippen LogP contribution in [0.4, 0.5) is 4.79 Å². The van der Waals surface area contributed by atoms with Crippen molar-refractivity contribution in [1.82, 2.24) is 10.2 Å². The summed E-state index contributed by atoms with van der Waals surface area (Å²) in [5, 5.41) is 2.31. The van der Waals surface area contributed by atoms with E-state index >= 15 is 0 Å². The molecule has 7 nitrogen and oxygen atoms in total. The first kappa shape index (κ1) is 16.4. The van der Waals surface area contributed by atoms with Crippen LogP contribution < -0.4 is 10.1 Å². The average Bonchev–Trinajstić information content (AvgIpc) is 2.75. The number of methoxy groups -OCH3 is 1. The Hall–Kier alpha value is -2.96. The summed E-state index contributed by atoms with van der Waals surface area (Å²) < 4.78 is 5.04. The molecule has 23 heavy (non-hydrogen) atoms. The standard InChI is InChI=1S/C16H16N2O5/c1-9(19)13(10(2)20)14-15(21)18(16(22)17-14)8-11-4-6-12(23-3)7-5-11/h4-7H,8H2,1-3H3,(H,17,22). The second-order valence-corrected chi connectivity index (χ2v) is 5.03. The van der Waals surface area contributed by atoms with Crippen molar-refractivity contribution < 1.29 is 23.9 Å². The third kappa shape index (κ3) is 3.28. The van der Waals surface area contributed by atoms with Gasteiger partial charge < -0.3 is 10.1 Å². The number of rotatable bonds is 5. The van der Waals surface area contributed by atoms with Crippen molar-refractivity contribution in [3.05, 3.63) is 41.1 Å². The van der Waals surface area contributed by atoms with Crippen LogP contribution >= 0.6 is 0 Å². The van der Waals surface area contributed by atoms with Crippen LogP contribution in [0.15, 0.2) is 35.5 Å². The van der Waals surface area contributed by atoms with Gasteiger partial charge in [-0.25, -0.2) is 4.79 Å². The van der Waals surface area contributed by atoms with Crippen LogP contribution in [0.3, 0.4) is 0 Å². The van der Waals surface area contributed by atoms with Crippen molar-refractivity contribution in [1.29, 1.82) is 0 Å². The maximum atomic E-state index is 12.3. The summed E-state index contributed by atoms with van der Waals surface area (Å²) in [4.78, 5) is 48.4. The number of ether oxygens (including phenoxy) is 1. The maximum Gasteiger partial charge on any atom is 0.329 e. The Bertz CT molecular complexity index is 702. The number of nitrogens with one attached hydrogen (secondary N) is 1. The summed E-state index contributed by atoms with van der Waals surface area (Å²) in [6.07, 6.45) is 0. The third-order valence-electron chi connectivity index (χ3n) is 3.39. The molecular weight excluding hydrogens is 300 g/mol. The van der Waals surface area contributed by atoms with E-state index in [-0.39, 0.29) is 17.8 Å². The van der Waals surface area contributed by atoms with Gasteiger partial charge in [0.2, 0.25) is 0 Å². The van der Waals surface area contributed by atoms with Crippen LogP contribution in [0, 0.1) is 0 Å². The van der Waals surface area contributed by atoms with Gasteiger partial charge in [-0.1, -0.05) is 12.1 Å². The monoisotopic (exact) mass is 316 g/mol. The van der Waals surface area contributed by atoms with Crippen molar-refractivity contribution in [2.45, 2.75) is 20.4 Å². The highest BCUT2D eigenvalue weighted by atomic mass is 16.5. The number of urea groups is 1. The van der Waals surface area contributed by atoms with Gasteiger partial charge in [0.1, 0.15) is 11.4 Å². The van der Waals surface area contributed by atoms with Crippen molar-refractivity contribution in [3.63, 3.8) is 0 Å². The fraction of sp³-hybridized carbons (Fsp3) is 0.250. The lowest BCUT2D eigenvalue weighted by Crippen LogP contribution is -2.30. The van der Waals surface area contributed by atoms with Crippen molar-refractivity contribution in [2.75, 3.05) is 7.11 Å². The second-order valence-electron chi connectivity index (χ2n) is 5.03. The van der Waals surface area contributed by atoms with Crippen LogP contribution in [0.5, 0.6) is 5.75 Å².